The summed E-state index contributed by atoms with van der Waals surface area (Å²) < 4.78 is 0. The van der Waals surface area contributed by atoms with Crippen LogP contribution in [0.15, 0.2) is 0 Å². The minimum Gasteiger partial charge on any atom is -0.330 e. The van der Waals surface area contributed by atoms with E-state index in [1.54, 1.807) is 0 Å². The lowest BCUT2D eigenvalue weighted by molar-refractivity contribution is -0.139. The quantitative estimate of drug-likeness (QED) is 0.656. The predicted octanol–water partition coefficient (Wildman–Crippen LogP) is 1.35. The maximum absolute atomic E-state index is 11.4. The van der Waals surface area contributed by atoms with Gasteiger partial charge in [0.2, 0.25) is 5.91 Å². The molecule has 0 bridgehead atoms. The molecule has 88 valence electrons. The third kappa shape index (κ3) is 4.62. The Bertz CT molecular complexity index is 187. The lowest BCUT2D eigenvalue weighted by Crippen LogP contribution is -2.31. The number of hydroxylamine groups is 1. The van der Waals surface area contributed by atoms with Crippen LogP contribution in [0.4, 0.5) is 0 Å². The van der Waals surface area contributed by atoms with Crippen molar-refractivity contribution in [3.05, 3.63) is 0 Å². The molecule has 0 saturated heterocycles. The maximum atomic E-state index is 11.4. The number of hydrogen-bond donors (Lipinski definition) is 2. The van der Waals surface area contributed by atoms with Gasteiger partial charge in [-0.15, -0.1) is 0 Å². The van der Waals surface area contributed by atoms with Gasteiger partial charge in [-0.05, 0) is 25.3 Å². The fourth-order valence-electron chi connectivity index (χ4n) is 1.85. The minimum atomic E-state index is -0.0424. The van der Waals surface area contributed by atoms with Gasteiger partial charge in [-0.2, -0.15) is 0 Å². The molecular formula is C11H22N2O2. The minimum absolute atomic E-state index is 0.0424. The number of rotatable bonds is 6. The molecule has 1 atom stereocenters. The molecule has 1 saturated carbocycles. The molecule has 0 aliphatic heterocycles. The van der Waals surface area contributed by atoms with Crippen LogP contribution in [0.2, 0.25) is 0 Å². The van der Waals surface area contributed by atoms with E-state index in [1.807, 2.05) is 6.92 Å². The molecule has 1 fully saturated rings. The molecule has 1 amide bonds. The van der Waals surface area contributed by atoms with E-state index in [0.717, 1.165) is 19.3 Å². The summed E-state index contributed by atoms with van der Waals surface area (Å²) in [5, 5.41) is 0. The van der Waals surface area contributed by atoms with Crippen molar-refractivity contribution in [2.75, 3.05) is 6.54 Å². The highest BCUT2D eigenvalue weighted by atomic mass is 16.7. The molecule has 0 heterocycles. The van der Waals surface area contributed by atoms with Gasteiger partial charge in [-0.25, -0.2) is 5.48 Å². The van der Waals surface area contributed by atoms with Gasteiger partial charge in [0.25, 0.3) is 0 Å². The first-order chi connectivity index (χ1) is 7.26. The van der Waals surface area contributed by atoms with Crippen molar-refractivity contribution in [1.29, 1.82) is 0 Å². The first-order valence-corrected chi connectivity index (χ1v) is 5.90. The summed E-state index contributed by atoms with van der Waals surface area (Å²) in [6.45, 7) is 2.61. The summed E-state index contributed by atoms with van der Waals surface area (Å²) in [5.74, 6) is 0.233. The highest BCUT2D eigenvalue weighted by Gasteiger charge is 2.17. The third-order valence-corrected chi connectivity index (χ3v) is 3.03. The Morgan fingerprint density at radius 1 is 1.53 bits per heavy atom. The van der Waals surface area contributed by atoms with Gasteiger partial charge in [-0.3, -0.25) is 9.63 Å². The van der Waals surface area contributed by atoms with Crippen LogP contribution in [0.25, 0.3) is 0 Å². The number of nitrogens with two attached hydrogens (primary N) is 1. The van der Waals surface area contributed by atoms with Gasteiger partial charge in [-0.1, -0.05) is 26.2 Å². The van der Waals surface area contributed by atoms with E-state index >= 15 is 0 Å². The average Bonchev–Trinajstić information content (AvgIpc) is 2.75. The van der Waals surface area contributed by atoms with Gasteiger partial charge in [0.15, 0.2) is 0 Å². The molecule has 4 heteroatoms. The van der Waals surface area contributed by atoms with Crippen molar-refractivity contribution in [2.45, 2.75) is 51.6 Å². The van der Waals surface area contributed by atoms with Gasteiger partial charge in [0, 0.05) is 6.42 Å². The van der Waals surface area contributed by atoms with E-state index < -0.39 is 0 Å². The van der Waals surface area contributed by atoms with Crippen molar-refractivity contribution in [1.82, 2.24) is 5.48 Å². The summed E-state index contributed by atoms with van der Waals surface area (Å²) in [4.78, 5) is 16.8. The number of nitrogens with one attached hydrogen (secondary N) is 1. The second-order valence-corrected chi connectivity index (χ2v) is 4.26. The average molecular weight is 214 g/mol. The molecule has 0 aromatic rings. The summed E-state index contributed by atoms with van der Waals surface area (Å²) in [7, 11) is 0. The molecule has 4 nitrogen and oxygen atoms in total. The molecule has 1 unspecified atom stereocenters. The zero-order valence-electron chi connectivity index (χ0n) is 9.50. The van der Waals surface area contributed by atoms with Gasteiger partial charge < -0.3 is 5.73 Å². The Morgan fingerprint density at radius 2 is 2.20 bits per heavy atom. The lowest BCUT2D eigenvalue weighted by atomic mass is 10.0. The summed E-state index contributed by atoms with van der Waals surface area (Å²) in [6.07, 6.45) is 6.18. The molecule has 15 heavy (non-hydrogen) atoms. The normalized spacial score (nSPS) is 19.1. The first kappa shape index (κ1) is 12.5. The van der Waals surface area contributed by atoms with Crippen molar-refractivity contribution >= 4 is 5.91 Å². The van der Waals surface area contributed by atoms with Crippen LogP contribution in [0.1, 0.15) is 45.4 Å². The molecule has 0 aromatic heterocycles. The SMILES string of the molecule is CCC(CN)CC(=O)NOC1CCCC1. The Balaban J connectivity index is 2.11. The summed E-state index contributed by atoms with van der Waals surface area (Å²) in [5.41, 5.74) is 8.06. The molecule has 1 rings (SSSR count). The zero-order valence-corrected chi connectivity index (χ0v) is 9.50. The van der Waals surface area contributed by atoms with Crippen molar-refractivity contribution < 1.29 is 9.63 Å². The van der Waals surface area contributed by atoms with Crippen LogP contribution in [0, 0.1) is 5.92 Å². The molecule has 3 N–H and O–H groups in total. The fraction of sp³-hybridized carbons (Fsp3) is 0.909. The van der Waals surface area contributed by atoms with E-state index in [1.165, 1.54) is 12.8 Å². The number of amides is 1. The van der Waals surface area contributed by atoms with Crippen LogP contribution in [0.3, 0.4) is 0 Å². The molecule has 0 radical (unpaired) electrons. The van der Waals surface area contributed by atoms with Crippen LogP contribution < -0.4 is 11.2 Å². The smallest absolute Gasteiger partial charge is 0.243 e. The fourth-order valence-corrected chi connectivity index (χ4v) is 1.85. The molecular weight excluding hydrogens is 192 g/mol. The van der Waals surface area contributed by atoms with Gasteiger partial charge in [0.05, 0.1) is 6.10 Å². The van der Waals surface area contributed by atoms with Crippen LogP contribution in [-0.2, 0) is 9.63 Å². The Labute approximate surface area is 91.5 Å². The Hall–Kier alpha value is -0.610. The van der Waals surface area contributed by atoms with E-state index in [-0.39, 0.29) is 17.9 Å². The Morgan fingerprint density at radius 3 is 2.73 bits per heavy atom. The van der Waals surface area contributed by atoms with E-state index in [2.05, 4.69) is 5.48 Å². The zero-order chi connectivity index (χ0) is 11.1. The standard InChI is InChI=1S/C11H22N2O2/c1-2-9(8-12)7-11(14)13-15-10-5-3-4-6-10/h9-10H,2-8,12H2,1H3,(H,13,14). The third-order valence-electron chi connectivity index (χ3n) is 3.03. The van der Waals surface area contributed by atoms with Crippen LogP contribution >= 0.6 is 0 Å². The summed E-state index contributed by atoms with van der Waals surface area (Å²) >= 11 is 0. The molecule has 1 aliphatic rings. The highest BCUT2D eigenvalue weighted by molar-refractivity contribution is 5.75. The number of carbonyl (C=O) groups excluding carboxylic acids is 1. The first-order valence-electron chi connectivity index (χ1n) is 5.90. The molecule has 0 spiro atoms. The second-order valence-electron chi connectivity index (χ2n) is 4.26. The van der Waals surface area contributed by atoms with Crippen molar-refractivity contribution in [3.8, 4) is 0 Å². The number of hydrogen-bond acceptors (Lipinski definition) is 3. The largest absolute Gasteiger partial charge is 0.330 e. The monoisotopic (exact) mass is 214 g/mol. The lowest BCUT2D eigenvalue weighted by Gasteiger charge is -2.14. The van der Waals surface area contributed by atoms with Crippen molar-refractivity contribution in [2.24, 2.45) is 11.7 Å². The topological polar surface area (TPSA) is 64.4 Å². The second kappa shape index (κ2) is 6.80. The van der Waals surface area contributed by atoms with E-state index in [9.17, 15) is 4.79 Å². The van der Waals surface area contributed by atoms with Gasteiger partial charge in [0.1, 0.15) is 0 Å². The van der Waals surface area contributed by atoms with Crippen molar-refractivity contribution in [3.63, 3.8) is 0 Å². The van der Waals surface area contributed by atoms with Crippen LogP contribution in [-0.4, -0.2) is 18.6 Å². The molecule has 1 aliphatic carbocycles. The van der Waals surface area contributed by atoms with Gasteiger partial charge >= 0.3 is 0 Å². The number of carbonyl (C=O) groups is 1. The Kier molecular flexibility index (Phi) is 5.65. The highest BCUT2D eigenvalue weighted by Crippen LogP contribution is 2.19. The van der Waals surface area contributed by atoms with E-state index in [0.29, 0.717) is 13.0 Å². The maximum Gasteiger partial charge on any atom is 0.243 e. The predicted molar refractivity (Wildman–Crippen MR) is 58.9 cm³/mol. The van der Waals surface area contributed by atoms with Crippen LogP contribution in [0.5, 0.6) is 0 Å². The molecule has 0 aromatic carbocycles. The summed E-state index contributed by atoms with van der Waals surface area (Å²) in [6, 6.07) is 0. The van der Waals surface area contributed by atoms with E-state index in [4.69, 9.17) is 10.6 Å².